The highest BCUT2D eigenvalue weighted by atomic mass is 19.1. The number of rotatable bonds is 4. The molecule has 1 aliphatic carbocycles. The van der Waals surface area contributed by atoms with Crippen molar-refractivity contribution in [2.75, 3.05) is 6.54 Å². The molecule has 1 fully saturated rings. The summed E-state index contributed by atoms with van der Waals surface area (Å²) in [6.45, 7) is -0.0775. The van der Waals surface area contributed by atoms with Crippen molar-refractivity contribution in [2.45, 2.75) is 38.1 Å². The molecule has 108 valence electrons. The van der Waals surface area contributed by atoms with Crippen LogP contribution >= 0.6 is 0 Å². The third-order valence-electron chi connectivity index (χ3n) is 3.47. The monoisotopic (exact) mass is 278 g/mol. The average Bonchev–Trinajstić information content (AvgIpc) is 2.46. The number of carbonyl (C=O) groups is 2. The summed E-state index contributed by atoms with van der Waals surface area (Å²) >= 11 is 0. The molecule has 2 N–H and O–H groups in total. The van der Waals surface area contributed by atoms with Crippen LogP contribution in [0.3, 0.4) is 0 Å². The number of benzene rings is 1. The number of nitrogens with one attached hydrogen (secondary N) is 2. The highest BCUT2D eigenvalue weighted by Gasteiger charge is 2.16. The Bertz CT molecular complexity index is 485. The Morgan fingerprint density at radius 3 is 2.65 bits per heavy atom. The van der Waals surface area contributed by atoms with E-state index in [1.165, 1.54) is 24.6 Å². The SMILES string of the molecule is O=C(CNC(=O)c1cccc(F)c1)NC1CCCCC1. The van der Waals surface area contributed by atoms with E-state index >= 15 is 0 Å². The maximum absolute atomic E-state index is 13.0. The summed E-state index contributed by atoms with van der Waals surface area (Å²) in [7, 11) is 0. The van der Waals surface area contributed by atoms with Crippen LogP contribution in [-0.4, -0.2) is 24.4 Å². The van der Waals surface area contributed by atoms with Crippen molar-refractivity contribution >= 4 is 11.8 Å². The lowest BCUT2D eigenvalue weighted by Crippen LogP contribution is -2.42. The van der Waals surface area contributed by atoms with Gasteiger partial charge in [-0.2, -0.15) is 0 Å². The molecule has 5 heteroatoms. The molecular weight excluding hydrogens is 259 g/mol. The molecule has 4 nitrogen and oxygen atoms in total. The summed E-state index contributed by atoms with van der Waals surface area (Å²) in [5, 5.41) is 5.41. The smallest absolute Gasteiger partial charge is 0.251 e. The zero-order chi connectivity index (χ0) is 14.4. The fourth-order valence-electron chi connectivity index (χ4n) is 2.42. The van der Waals surface area contributed by atoms with E-state index in [2.05, 4.69) is 10.6 Å². The van der Waals surface area contributed by atoms with Crippen LogP contribution in [0.15, 0.2) is 24.3 Å². The van der Waals surface area contributed by atoms with Gasteiger partial charge in [-0.3, -0.25) is 9.59 Å². The van der Waals surface area contributed by atoms with E-state index in [1.807, 2.05) is 0 Å². The fraction of sp³-hybridized carbons (Fsp3) is 0.467. The second-order valence-corrected chi connectivity index (χ2v) is 5.10. The molecule has 1 aromatic carbocycles. The largest absolute Gasteiger partial charge is 0.352 e. The molecule has 0 bridgehead atoms. The topological polar surface area (TPSA) is 58.2 Å². The van der Waals surface area contributed by atoms with Gasteiger partial charge in [0.1, 0.15) is 5.82 Å². The third-order valence-corrected chi connectivity index (χ3v) is 3.47. The zero-order valence-corrected chi connectivity index (χ0v) is 11.3. The summed E-state index contributed by atoms with van der Waals surface area (Å²) in [6.07, 6.45) is 5.51. The van der Waals surface area contributed by atoms with E-state index in [9.17, 15) is 14.0 Å². The lowest BCUT2D eigenvalue weighted by Gasteiger charge is -2.22. The Morgan fingerprint density at radius 2 is 1.95 bits per heavy atom. The highest BCUT2D eigenvalue weighted by molar-refractivity contribution is 5.96. The van der Waals surface area contributed by atoms with Crippen LogP contribution < -0.4 is 10.6 Å². The summed E-state index contributed by atoms with van der Waals surface area (Å²) in [5.74, 6) is -1.10. The van der Waals surface area contributed by atoms with E-state index in [-0.39, 0.29) is 24.1 Å². The standard InChI is InChI=1S/C15H19FN2O2/c16-12-6-4-5-11(9-12)15(20)17-10-14(19)18-13-7-2-1-3-8-13/h4-6,9,13H,1-3,7-8,10H2,(H,17,20)(H,18,19). The van der Waals surface area contributed by atoms with Gasteiger partial charge in [0.2, 0.25) is 5.91 Å². The first-order valence-corrected chi connectivity index (χ1v) is 6.98. The van der Waals surface area contributed by atoms with Crippen LogP contribution in [0.5, 0.6) is 0 Å². The second-order valence-electron chi connectivity index (χ2n) is 5.10. The zero-order valence-electron chi connectivity index (χ0n) is 11.3. The normalized spacial score (nSPS) is 15.7. The van der Waals surface area contributed by atoms with Crippen LogP contribution in [0, 0.1) is 5.82 Å². The Hall–Kier alpha value is -1.91. The molecule has 0 radical (unpaired) electrons. The van der Waals surface area contributed by atoms with Gasteiger partial charge in [-0.25, -0.2) is 4.39 Å². The molecule has 0 atom stereocenters. The molecular formula is C15H19FN2O2. The lowest BCUT2D eigenvalue weighted by atomic mass is 9.95. The van der Waals surface area contributed by atoms with Gasteiger partial charge in [-0.05, 0) is 31.0 Å². The molecule has 0 unspecified atom stereocenters. The number of hydrogen-bond donors (Lipinski definition) is 2. The molecule has 0 aliphatic heterocycles. The molecule has 2 amide bonds. The summed E-state index contributed by atoms with van der Waals surface area (Å²) in [4.78, 5) is 23.4. The molecule has 0 heterocycles. The number of amides is 2. The van der Waals surface area contributed by atoms with Gasteiger partial charge >= 0.3 is 0 Å². The van der Waals surface area contributed by atoms with E-state index in [4.69, 9.17) is 0 Å². The second kappa shape index (κ2) is 7.03. The Labute approximate surface area is 117 Å². The minimum atomic E-state index is -0.468. The van der Waals surface area contributed by atoms with Crippen molar-refractivity contribution in [1.29, 1.82) is 0 Å². The van der Waals surface area contributed by atoms with Crippen LogP contribution in [0.25, 0.3) is 0 Å². The predicted octanol–water partition coefficient (Wildman–Crippen LogP) is 2.00. The summed E-state index contributed by atoms with van der Waals surface area (Å²) < 4.78 is 13.0. The first kappa shape index (κ1) is 14.5. The average molecular weight is 278 g/mol. The van der Waals surface area contributed by atoms with Gasteiger partial charge in [0.15, 0.2) is 0 Å². The van der Waals surface area contributed by atoms with Gasteiger partial charge in [0.25, 0.3) is 5.91 Å². The third kappa shape index (κ3) is 4.33. The first-order valence-electron chi connectivity index (χ1n) is 6.98. The minimum Gasteiger partial charge on any atom is -0.352 e. The van der Waals surface area contributed by atoms with Gasteiger partial charge in [0.05, 0.1) is 6.54 Å². The van der Waals surface area contributed by atoms with Gasteiger partial charge in [-0.15, -0.1) is 0 Å². The molecule has 0 spiro atoms. The van der Waals surface area contributed by atoms with E-state index < -0.39 is 11.7 Å². The molecule has 0 aromatic heterocycles. The van der Waals surface area contributed by atoms with Gasteiger partial charge < -0.3 is 10.6 Å². The molecule has 1 aromatic rings. The maximum Gasteiger partial charge on any atom is 0.251 e. The number of halogens is 1. The molecule has 20 heavy (non-hydrogen) atoms. The summed E-state index contributed by atoms with van der Waals surface area (Å²) in [5.41, 5.74) is 0.218. The molecule has 2 rings (SSSR count). The van der Waals surface area contributed by atoms with Crippen LogP contribution in [0.2, 0.25) is 0 Å². The Morgan fingerprint density at radius 1 is 1.20 bits per heavy atom. The fourth-order valence-corrected chi connectivity index (χ4v) is 2.42. The van der Waals surface area contributed by atoms with Crippen LogP contribution in [0.4, 0.5) is 4.39 Å². The van der Waals surface area contributed by atoms with E-state index in [0.717, 1.165) is 31.7 Å². The van der Waals surface area contributed by atoms with Crippen molar-refractivity contribution in [3.63, 3.8) is 0 Å². The highest BCUT2D eigenvalue weighted by Crippen LogP contribution is 2.17. The molecule has 1 saturated carbocycles. The van der Waals surface area contributed by atoms with Crippen LogP contribution in [0.1, 0.15) is 42.5 Å². The van der Waals surface area contributed by atoms with Crippen LogP contribution in [-0.2, 0) is 4.79 Å². The van der Waals surface area contributed by atoms with Crippen molar-refractivity contribution in [1.82, 2.24) is 10.6 Å². The molecule has 1 aliphatic rings. The summed E-state index contributed by atoms with van der Waals surface area (Å²) in [6, 6.07) is 5.62. The van der Waals surface area contributed by atoms with E-state index in [0.29, 0.717) is 0 Å². The maximum atomic E-state index is 13.0. The first-order chi connectivity index (χ1) is 9.65. The molecule has 0 saturated heterocycles. The Kier molecular flexibility index (Phi) is 5.09. The number of hydrogen-bond acceptors (Lipinski definition) is 2. The van der Waals surface area contributed by atoms with Crippen molar-refractivity contribution in [3.05, 3.63) is 35.6 Å². The van der Waals surface area contributed by atoms with Crippen molar-refractivity contribution in [2.24, 2.45) is 0 Å². The minimum absolute atomic E-state index is 0.0775. The predicted molar refractivity (Wildman–Crippen MR) is 73.7 cm³/mol. The number of carbonyl (C=O) groups excluding carboxylic acids is 2. The van der Waals surface area contributed by atoms with Crippen molar-refractivity contribution < 1.29 is 14.0 Å². The van der Waals surface area contributed by atoms with Crippen molar-refractivity contribution in [3.8, 4) is 0 Å². The quantitative estimate of drug-likeness (QED) is 0.885. The lowest BCUT2D eigenvalue weighted by molar-refractivity contribution is -0.121. The van der Waals surface area contributed by atoms with E-state index in [1.54, 1.807) is 0 Å². The van der Waals surface area contributed by atoms with Gasteiger partial charge in [0, 0.05) is 11.6 Å². The van der Waals surface area contributed by atoms with Gasteiger partial charge in [-0.1, -0.05) is 25.3 Å². The Balaban J connectivity index is 1.76.